The van der Waals surface area contributed by atoms with Gasteiger partial charge in [-0.05, 0) is 36.5 Å². The molecule has 0 saturated carbocycles. The third kappa shape index (κ3) is 5.48. The first-order chi connectivity index (χ1) is 12.7. The van der Waals surface area contributed by atoms with Crippen LogP contribution < -0.4 is 15.5 Å². The number of nitrogens with zero attached hydrogens (tertiary/aromatic N) is 5. The summed E-state index contributed by atoms with van der Waals surface area (Å²) < 4.78 is 5.43. The summed E-state index contributed by atoms with van der Waals surface area (Å²) in [4.78, 5) is 19.8. The number of hydrogen-bond donors (Lipinski definition) is 2. The Morgan fingerprint density at radius 2 is 2.04 bits per heavy atom. The van der Waals surface area contributed by atoms with Crippen molar-refractivity contribution < 1.29 is 4.74 Å². The maximum Gasteiger partial charge on any atom is 0.232 e. The molecule has 1 aliphatic heterocycles. The summed E-state index contributed by atoms with van der Waals surface area (Å²) >= 11 is 6.70. The minimum absolute atomic E-state index is 0.459. The zero-order valence-corrected chi connectivity index (χ0v) is 16.1. The number of ether oxygens (including phenoxy) is 1. The van der Waals surface area contributed by atoms with Gasteiger partial charge in [0.15, 0.2) is 10.3 Å². The van der Waals surface area contributed by atoms with Crippen molar-refractivity contribution in [3.8, 4) is 0 Å². The van der Waals surface area contributed by atoms with Crippen molar-refractivity contribution in [1.82, 2.24) is 25.3 Å². The summed E-state index contributed by atoms with van der Waals surface area (Å²) in [6, 6.07) is 3.73. The maximum atomic E-state index is 5.43. The molecule has 0 unspecified atom stereocenters. The van der Waals surface area contributed by atoms with Crippen LogP contribution in [0.25, 0.3) is 0 Å². The van der Waals surface area contributed by atoms with Gasteiger partial charge in [0.25, 0.3) is 0 Å². The van der Waals surface area contributed by atoms with Crippen molar-refractivity contribution in [2.24, 2.45) is 0 Å². The summed E-state index contributed by atoms with van der Waals surface area (Å²) in [5.74, 6) is 1.29. The van der Waals surface area contributed by atoms with Crippen LogP contribution in [0.3, 0.4) is 0 Å². The minimum atomic E-state index is 0.459. The van der Waals surface area contributed by atoms with E-state index in [1.165, 1.54) is 11.8 Å². The molecule has 0 aliphatic carbocycles. The van der Waals surface area contributed by atoms with Crippen LogP contribution in [0.4, 0.5) is 11.8 Å². The zero-order valence-electron chi connectivity index (χ0n) is 14.5. The fourth-order valence-electron chi connectivity index (χ4n) is 2.29. The molecule has 3 rings (SSSR count). The van der Waals surface area contributed by atoms with Crippen LogP contribution in [0.1, 0.15) is 13.3 Å². The molecule has 2 N–H and O–H groups in total. The third-order valence-electron chi connectivity index (χ3n) is 3.52. The monoisotopic (exact) mass is 391 g/mol. The molecule has 0 amide bonds. The highest BCUT2D eigenvalue weighted by Crippen LogP contribution is 2.27. The van der Waals surface area contributed by atoms with E-state index in [1.54, 1.807) is 18.5 Å². The average Bonchev–Trinajstić information content (AvgIpc) is 2.67. The second kappa shape index (κ2) is 9.60. The van der Waals surface area contributed by atoms with Crippen LogP contribution in [0, 0.1) is 0 Å². The van der Waals surface area contributed by atoms with E-state index in [1.807, 2.05) is 6.07 Å². The number of thiocarbonyl (C=S) groups is 1. The Labute approximate surface area is 162 Å². The third-order valence-corrected chi connectivity index (χ3v) is 4.58. The predicted molar refractivity (Wildman–Crippen MR) is 106 cm³/mol. The molecule has 8 nitrogen and oxygen atoms in total. The van der Waals surface area contributed by atoms with Crippen molar-refractivity contribution in [2.45, 2.75) is 23.5 Å². The highest BCUT2D eigenvalue weighted by molar-refractivity contribution is 7.99. The van der Waals surface area contributed by atoms with E-state index in [4.69, 9.17) is 17.0 Å². The smallest absolute Gasteiger partial charge is 0.232 e. The second-order valence-corrected chi connectivity index (χ2v) is 6.90. The summed E-state index contributed by atoms with van der Waals surface area (Å²) in [5, 5.41) is 8.10. The molecule has 0 atom stereocenters. The van der Waals surface area contributed by atoms with Gasteiger partial charge in [0.2, 0.25) is 5.95 Å². The molecule has 1 aliphatic rings. The van der Waals surface area contributed by atoms with Crippen molar-refractivity contribution in [2.75, 3.05) is 43.1 Å². The number of hydrogen-bond acceptors (Lipinski definition) is 8. The Bertz CT molecular complexity index is 726. The zero-order chi connectivity index (χ0) is 18.2. The molecule has 3 heterocycles. The van der Waals surface area contributed by atoms with Gasteiger partial charge in [0, 0.05) is 38.1 Å². The average molecular weight is 392 g/mol. The molecule has 26 heavy (non-hydrogen) atoms. The maximum absolute atomic E-state index is 5.43. The largest absolute Gasteiger partial charge is 0.378 e. The van der Waals surface area contributed by atoms with Gasteiger partial charge in [-0.25, -0.2) is 15.0 Å². The predicted octanol–water partition coefficient (Wildman–Crippen LogP) is 1.95. The van der Waals surface area contributed by atoms with E-state index in [0.29, 0.717) is 29.4 Å². The number of rotatable bonds is 6. The van der Waals surface area contributed by atoms with Crippen molar-refractivity contribution in [1.29, 1.82) is 0 Å². The number of nitrogens with one attached hydrogen (secondary N) is 2. The first kappa shape index (κ1) is 18.7. The molecule has 0 radical (unpaired) electrons. The molecule has 0 spiro atoms. The summed E-state index contributed by atoms with van der Waals surface area (Å²) in [6.45, 7) is 5.84. The molecule has 1 fully saturated rings. The summed E-state index contributed by atoms with van der Waals surface area (Å²) in [6.07, 6.45) is 4.41. The lowest BCUT2D eigenvalue weighted by molar-refractivity contribution is 0.122. The van der Waals surface area contributed by atoms with Crippen LogP contribution in [0.2, 0.25) is 0 Å². The van der Waals surface area contributed by atoms with Crippen LogP contribution in [-0.4, -0.2) is 57.9 Å². The lowest BCUT2D eigenvalue weighted by Crippen LogP contribution is -2.37. The van der Waals surface area contributed by atoms with Crippen LogP contribution in [-0.2, 0) is 4.74 Å². The molecule has 2 aromatic rings. The standard InChI is InChI=1S/C16H21N7OS2/c1-2-4-17-15(25)22-14-20-12(23-7-9-24-10-8-23)11-13(21-14)26-16-18-5-3-6-19-16/h3,5-6,11H,2,4,7-10H2,1H3,(H2,17,20,21,22,25). The molecule has 2 aromatic heterocycles. The van der Waals surface area contributed by atoms with Crippen molar-refractivity contribution >= 4 is 40.9 Å². The fraction of sp³-hybridized carbons (Fsp3) is 0.438. The number of morpholine rings is 1. The van der Waals surface area contributed by atoms with Crippen molar-refractivity contribution in [3.63, 3.8) is 0 Å². The van der Waals surface area contributed by atoms with Gasteiger partial charge in [-0.15, -0.1) is 0 Å². The van der Waals surface area contributed by atoms with Gasteiger partial charge in [-0.3, -0.25) is 0 Å². The molecular formula is C16H21N7OS2. The molecule has 138 valence electrons. The van der Waals surface area contributed by atoms with E-state index in [2.05, 4.69) is 42.4 Å². The SMILES string of the molecule is CCCNC(=S)Nc1nc(Sc2ncccn2)cc(N2CCOCC2)n1. The van der Waals surface area contributed by atoms with E-state index in [-0.39, 0.29) is 0 Å². The fourth-order valence-corrected chi connectivity index (χ4v) is 3.20. The molecule has 10 heteroatoms. The molecule has 0 aromatic carbocycles. The minimum Gasteiger partial charge on any atom is -0.378 e. The van der Waals surface area contributed by atoms with E-state index in [9.17, 15) is 0 Å². The Morgan fingerprint density at radius 1 is 1.27 bits per heavy atom. The number of aromatic nitrogens is 4. The summed E-state index contributed by atoms with van der Waals surface area (Å²) in [7, 11) is 0. The Hall–Kier alpha value is -2.04. The van der Waals surface area contributed by atoms with Gasteiger partial charge in [-0.2, -0.15) is 4.98 Å². The van der Waals surface area contributed by atoms with Gasteiger partial charge < -0.3 is 20.3 Å². The normalized spacial score (nSPS) is 14.1. The lowest BCUT2D eigenvalue weighted by Gasteiger charge is -2.28. The first-order valence-corrected chi connectivity index (χ1v) is 9.68. The topological polar surface area (TPSA) is 88.1 Å². The molecule has 1 saturated heterocycles. The van der Waals surface area contributed by atoms with Crippen LogP contribution >= 0.6 is 24.0 Å². The Morgan fingerprint density at radius 3 is 2.77 bits per heavy atom. The highest BCUT2D eigenvalue weighted by atomic mass is 32.2. The van der Waals surface area contributed by atoms with Gasteiger partial charge >= 0.3 is 0 Å². The van der Waals surface area contributed by atoms with E-state index in [0.717, 1.165) is 36.9 Å². The van der Waals surface area contributed by atoms with E-state index < -0.39 is 0 Å². The lowest BCUT2D eigenvalue weighted by atomic mass is 10.4. The first-order valence-electron chi connectivity index (χ1n) is 8.46. The van der Waals surface area contributed by atoms with Crippen LogP contribution in [0.5, 0.6) is 0 Å². The Balaban J connectivity index is 1.82. The molecule has 0 bridgehead atoms. The van der Waals surface area contributed by atoms with Gasteiger partial charge in [-0.1, -0.05) is 6.92 Å². The van der Waals surface area contributed by atoms with E-state index >= 15 is 0 Å². The summed E-state index contributed by atoms with van der Waals surface area (Å²) in [5.41, 5.74) is 0. The number of anilines is 2. The molecular weight excluding hydrogens is 370 g/mol. The second-order valence-electron chi connectivity index (χ2n) is 5.50. The van der Waals surface area contributed by atoms with Gasteiger partial charge in [0.05, 0.1) is 13.2 Å². The highest BCUT2D eigenvalue weighted by Gasteiger charge is 2.16. The van der Waals surface area contributed by atoms with Crippen LogP contribution in [0.15, 0.2) is 34.7 Å². The quantitative estimate of drug-likeness (QED) is 0.433. The van der Waals surface area contributed by atoms with Crippen molar-refractivity contribution in [3.05, 3.63) is 24.5 Å². The van der Waals surface area contributed by atoms with Gasteiger partial charge in [0.1, 0.15) is 10.8 Å². The Kier molecular flexibility index (Phi) is 6.92.